The van der Waals surface area contributed by atoms with Gasteiger partial charge in [0.25, 0.3) is 0 Å². The summed E-state index contributed by atoms with van der Waals surface area (Å²) in [7, 11) is 0. The van der Waals surface area contributed by atoms with Gasteiger partial charge in [0.1, 0.15) is 5.02 Å². The summed E-state index contributed by atoms with van der Waals surface area (Å²) < 4.78 is 40.8. The molecular weight excluding hydrogens is 327 g/mol. The Bertz CT molecular complexity index is 867. The maximum Gasteiger partial charge on any atom is 0.433 e. The van der Waals surface area contributed by atoms with E-state index in [2.05, 4.69) is 10.1 Å². The molecule has 0 unspecified atom stereocenters. The molecule has 120 valence electrons. The van der Waals surface area contributed by atoms with Crippen molar-refractivity contribution in [3.63, 3.8) is 0 Å². The molecule has 3 rings (SSSR count). The minimum atomic E-state index is -4.55. The van der Waals surface area contributed by atoms with Gasteiger partial charge in [-0.1, -0.05) is 42.8 Å². The van der Waals surface area contributed by atoms with Crippen LogP contribution in [-0.4, -0.2) is 14.6 Å². The van der Waals surface area contributed by atoms with Gasteiger partial charge in [0, 0.05) is 5.56 Å². The fourth-order valence-corrected chi connectivity index (χ4v) is 2.52. The van der Waals surface area contributed by atoms with Gasteiger partial charge < -0.3 is 0 Å². The summed E-state index contributed by atoms with van der Waals surface area (Å²) in [4.78, 5) is 4.26. The van der Waals surface area contributed by atoms with E-state index in [9.17, 15) is 13.2 Å². The number of hydrogen-bond donors (Lipinski definition) is 0. The SMILES string of the molecule is CCc1ccc(-c2cc(C(F)(F)F)n3nc(C)c(Cl)c3n2)cc1. The lowest BCUT2D eigenvalue weighted by molar-refractivity contribution is -0.142. The van der Waals surface area contributed by atoms with Crippen molar-refractivity contribution in [3.05, 3.63) is 52.3 Å². The summed E-state index contributed by atoms with van der Waals surface area (Å²) >= 11 is 6.06. The second-order valence-corrected chi connectivity index (χ2v) is 5.59. The molecular formula is C16H13ClF3N3. The van der Waals surface area contributed by atoms with Gasteiger partial charge in [-0.25, -0.2) is 9.50 Å². The van der Waals surface area contributed by atoms with E-state index in [1.165, 1.54) is 0 Å². The third-order valence-corrected chi connectivity index (χ3v) is 4.08. The van der Waals surface area contributed by atoms with Gasteiger partial charge in [-0.15, -0.1) is 0 Å². The van der Waals surface area contributed by atoms with Crippen LogP contribution in [0.4, 0.5) is 13.2 Å². The molecule has 3 nitrogen and oxygen atoms in total. The number of aryl methyl sites for hydroxylation is 2. The zero-order valence-electron chi connectivity index (χ0n) is 12.4. The molecule has 0 fully saturated rings. The van der Waals surface area contributed by atoms with Crippen LogP contribution in [0.15, 0.2) is 30.3 Å². The molecule has 2 aromatic heterocycles. The van der Waals surface area contributed by atoms with Crippen LogP contribution in [0.5, 0.6) is 0 Å². The molecule has 0 bridgehead atoms. The highest BCUT2D eigenvalue weighted by Crippen LogP contribution is 2.34. The van der Waals surface area contributed by atoms with Crippen molar-refractivity contribution in [1.29, 1.82) is 0 Å². The second kappa shape index (κ2) is 5.53. The minimum absolute atomic E-state index is 0.00793. The molecule has 0 N–H and O–H groups in total. The Kier molecular flexibility index (Phi) is 3.80. The van der Waals surface area contributed by atoms with E-state index < -0.39 is 11.9 Å². The molecule has 0 amide bonds. The average Bonchev–Trinajstić information content (AvgIpc) is 2.80. The summed E-state index contributed by atoms with van der Waals surface area (Å²) in [6, 6.07) is 8.26. The third-order valence-electron chi connectivity index (χ3n) is 3.64. The van der Waals surface area contributed by atoms with Gasteiger partial charge in [0.2, 0.25) is 0 Å². The smallest absolute Gasteiger partial charge is 0.227 e. The standard InChI is InChI=1S/C16H13ClF3N3/c1-3-10-4-6-11(7-5-10)12-8-13(16(18,19)20)23-15(21-12)14(17)9(2)22-23/h4-8H,3H2,1-2H3. The highest BCUT2D eigenvalue weighted by atomic mass is 35.5. The van der Waals surface area contributed by atoms with Crippen molar-refractivity contribution in [1.82, 2.24) is 14.6 Å². The van der Waals surface area contributed by atoms with Gasteiger partial charge in [0.05, 0.1) is 11.4 Å². The number of fused-ring (bicyclic) bond motifs is 1. The van der Waals surface area contributed by atoms with Crippen LogP contribution in [0.2, 0.25) is 5.02 Å². The fourth-order valence-electron chi connectivity index (χ4n) is 2.36. The Morgan fingerprint density at radius 3 is 2.39 bits per heavy atom. The van der Waals surface area contributed by atoms with E-state index in [1.54, 1.807) is 19.1 Å². The van der Waals surface area contributed by atoms with Crippen molar-refractivity contribution in [2.75, 3.05) is 0 Å². The lowest BCUT2D eigenvalue weighted by Crippen LogP contribution is -2.13. The number of benzene rings is 1. The largest absolute Gasteiger partial charge is 0.433 e. The predicted molar refractivity (Wildman–Crippen MR) is 82.5 cm³/mol. The highest BCUT2D eigenvalue weighted by molar-refractivity contribution is 6.34. The number of aromatic nitrogens is 3. The third kappa shape index (κ3) is 2.79. The van der Waals surface area contributed by atoms with Gasteiger partial charge >= 0.3 is 6.18 Å². The number of alkyl halides is 3. The fraction of sp³-hybridized carbons (Fsp3) is 0.250. The first kappa shape index (κ1) is 15.8. The van der Waals surface area contributed by atoms with Crippen LogP contribution in [-0.2, 0) is 12.6 Å². The topological polar surface area (TPSA) is 30.2 Å². The Morgan fingerprint density at radius 1 is 1.17 bits per heavy atom. The zero-order valence-corrected chi connectivity index (χ0v) is 13.2. The normalized spacial score (nSPS) is 12.1. The summed E-state index contributed by atoms with van der Waals surface area (Å²) in [6.07, 6.45) is -3.70. The molecule has 0 atom stereocenters. The molecule has 0 saturated carbocycles. The number of hydrogen-bond acceptors (Lipinski definition) is 2. The maximum atomic E-state index is 13.3. The predicted octanol–water partition coefficient (Wildman–Crippen LogP) is 4.94. The summed E-state index contributed by atoms with van der Waals surface area (Å²) in [5, 5.41) is 3.97. The summed E-state index contributed by atoms with van der Waals surface area (Å²) in [5.74, 6) is 0. The monoisotopic (exact) mass is 339 g/mol. The van der Waals surface area contributed by atoms with Crippen LogP contribution >= 0.6 is 11.6 Å². The lowest BCUT2D eigenvalue weighted by Gasteiger charge is -2.11. The van der Waals surface area contributed by atoms with E-state index in [0.717, 1.165) is 22.6 Å². The van der Waals surface area contributed by atoms with E-state index >= 15 is 0 Å². The Labute approximate surface area is 135 Å². The first-order valence-electron chi connectivity index (χ1n) is 7.03. The molecule has 0 aliphatic rings. The lowest BCUT2D eigenvalue weighted by atomic mass is 10.1. The summed E-state index contributed by atoms with van der Waals surface area (Å²) in [5.41, 5.74) is 1.34. The first-order chi connectivity index (χ1) is 10.8. The molecule has 2 heterocycles. The van der Waals surface area contributed by atoms with Gasteiger partial charge in [0.15, 0.2) is 11.3 Å². The molecule has 1 aromatic carbocycles. The number of nitrogens with zero attached hydrogens (tertiary/aromatic N) is 3. The van der Waals surface area contributed by atoms with E-state index in [0.29, 0.717) is 11.3 Å². The highest BCUT2D eigenvalue weighted by Gasteiger charge is 2.35. The van der Waals surface area contributed by atoms with E-state index in [-0.39, 0.29) is 16.4 Å². The molecule has 0 aliphatic heterocycles. The van der Waals surface area contributed by atoms with Crippen molar-refractivity contribution in [3.8, 4) is 11.3 Å². The van der Waals surface area contributed by atoms with Crippen LogP contribution < -0.4 is 0 Å². The molecule has 3 aromatic rings. The van der Waals surface area contributed by atoms with Crippen molar-refractivity contribution in [2.45, 2.75) is 26.4 Å². The van der Waals surface area contributed by atoms with Gasteiger partial charge in [-0.05, 0) is 25.0 Å². The number of rotatable bonds is 2. The quantitative estimate of drug-likeness (QED) is 0.662. The van der Waals surface area contributed by atoms with Crippen LogP contribution in [0.25, 0.3) is 16.9 Å². The van der Waals surface area contributed by atoms with Crippen molar-refractivity contribution < 1.29 is 13.2 Å². The van der Waals surface area contributed by atoms with Gasteiger partial charge in [-0.3, -0.25) is 0 Å². The molecule has 0 radical (unpaired) electrons. The van der Waals surface area contributed by atoms with Crippen LogP contribution in [0.3, 0.4) is 0 Å². The molecule has 23 heavy (non-hydrogen) atoms. The first-order valence-corrected chi connectivity index (χ1v) is 7.41. The molecule has 0 spiro atoms. The number of halogens is 4. The van der Waals surface area contributed by atoms with E-state index in [4.69, 9.17) is 11.6 Å². The Hall–Kier alpha value is -2.08. The summed E-state index contributed by atoms with van der Waals surface area (Å²) in [6.45, 7) is 3.56. The van der Waals surface area contributed by atoms with Crippen LogP contribution in [0.1, 0.15) is 23.9 Å². The Morgan fingerprint density at radius 2 is 1.83 bits per heavy atom. The van der Waals surface area contributed by atoms with E-state index in [1.807, 2.05) is 19.1 Å². The minimum Gasteiger partial charge on any atom is -0.227 e. The van der Waals surface area contributed by atoms with Crippen molar-refractivity contribution >= 4 is 17.2 Å². The van der Waals surface area contributed by atoms with Crippen LogP contribution in [0, 0.1) is 6.92 Å². The zero-order chi connectivity index (χ0) is 16.8. The molecule has 0 aliphatic carbocycles. The molecule has 0 saturated heterocycles. The average molecular weight is 340 g/mol. The maximum absolute atomic E-state index is 13.3. The van der Waals surface area contributed by atoms with Crippen molar-refractivity contribution in [2.24, 2.45) is 0 Å². The Balaban J connectivity index is 2.27. The molecule has 7 heteroatoms. The van der Waals surface area contributed by atoms with Gasteiger partial charge in [-0.2, -0.15) is 18.3 Å². The second-order valence-electron chi connectivity index (χ2n) is 5.21.